The fourth-order valence-corrected chi connectivity index (χ4v) is 4.01. The Morgan fingerprint density at radius 1 is 1.26 bits per heavy atom. The molecule has 0 bridgehead atoms. The van der Waals surface area contributed by atoms with Crippen LogP contribution in [0, 0.1) is 0 Å². The molecule has 0 spiro atoms. The van der Waals surface area contributed by atoms with Gasteiger partial charge in [0.15, 0.2) is 5.17 Å². The molecule has 1 atom stereocenters. The summed E-state index contributed by atoms with van der Waals surface area (Å²) in [6.07, 6.45) is 0.151. The van der Waals surface area contributed by atoms with Gasteiger partial charge < -0.3 is 5.32 Å². The quantitative estimate of drug-likeness (QED) is 0.823. The molecule has 3 rings (SSSR count). The van der Waals surface area contributed by atoms with Crippen molar-refractivity contribution in [3.8, 4) is 0 Å². The van der Waals surface area contributed by atoms with E-state index in [0.29, 0.717) is 29.0 Å². The highest BCUT2D eigenvalue weighted by Gasteiger charge is 2.35. The largest absolute Gasteiger partial charge is 0.355 e. The van der Waals surface area contributed by atoms with E-state index in [1.165, 1.54) is 11.8 Å². The van der Waals surface area contributed by atoms with E-state index in [1.54, 1.807) is 23.1 Å². The van der Waals surface area contributed by atoms with Crippen molar-refractivity contribution >= 4 is 46.0 Å². The van der Waals surface area contributed by atoms with Crippen molar-refractivity contribution in [2.75, 3.05) is 6.54 Å². The fraction of sp³-hybridized carbons (Fsp3) is 0.250. The number of thioether (sulfide) groups is 1. The lowest BCUT2D eigenvalue weighted by Gasteiger charge is -2.31. The minimum atomic E-state index is -0.484. The average molecular weight is 402 g/mol. The molecule has 140 valence electrons. The molecule has 0 aliphatic carbocycles. The van der Waals surface area contributed by atoms with Crippen LogP contribution in [0.4, 0.5) is 5.69 Å². The second-order valence-corrected chi connectivity index (χ2v) is 7.65. The number of carbonyl (C=O) groups excluding carboxylic acids is 2. The zero-order valence-electron chi connectivity index (χ0n) is 14.9. The molecule has 0 saturated carbocycles. The summed E-state index contributed by atoms with van der Waals surface area (Å²) in [4.78, 5) is 31.3. The number of carbonyl (C=O) groups is 2. The molecule has 1 unspecified atom stereocenters. The summed E-state index contributed by atoms with van der Waals surface area (Å²) in [5.41, 5.74) is 1.65. The molecule has 1 saturated heterocycles. The number of nitrogens with one attached hydrogen (secondary N) is 1. The zero-order chi connectivity index (χ0) is 19.2. The van der Waals surface area contributed by atoms with Crippen LogP contribution < -0.4 is 5.32 Å². The van der Waals surface area contributed by atoms with Gasteiger partial charge in [0.05, 0.1) is 17.5 Å². The maximum atomic E-state index is 12.8. The topological polar surface area (TPSA) is 61.8 Å². The third kappa shape index (κ3) is 5.11. The van der Waals surface area contributed by atoms with Gasteiger partial charge in [0.25, 0.3) is 0 Å². The van der Waals surface area contributed by atoms with Crippen LogP contribution in [-0.4, -0.2) is 33.7 Å². The lowest BCUT2D eigenvalue weighted by atomic mass is 10.2. The zero-order valence-corrected chi connectivity index (χ0v) is 16.5. The van der Waals surface area contributed by atoms with Crippen molar-refractivity contribution in [1.82, 2.24) is 10.2 Å². The average Bonchev–Trinajstić information content (AvgIpc) is 2.65. The first-order valence-electron chi connectivity index (χ1n) is 8.69. The predicted octanol–water partition coefficient (Wildman–Crippen LogP) is 4.00. The molecule has 1 N–H and O–H groups in total. The van der Waals surface area contributed by atoms with Gasteiger partial charge in [-0.25, -0.2) is 4.99 Å². The first kappa shape index (κ1) is 19.5. The van der Waals surface area contributed by atoms with Gasteiger partial charge in [0.2, 0.25) is 11.8 Å². The van der Waals surface area contributed by atoms with Gasteiger partial charge in [0.1, 0.15) is 0 Å². The highest BCUT2D eigenvalue weighted by Crippen LogP contribution is 2.30. The van der Waals surface area contributed by atoms with Gasteiger partial charge in [-0.05, 0) is 30.7 Å². The standard InChI is InChI=1S/C20H20ClN3O2S/c1-2-22-19(26)17-12-18(25)24(13-14-7-4-3-5-8-14)20(27-17)23-16-10-6-9-15(21)11-16/h3-11,17H,2,12-13H2,1H3,(H,22,26). The van der Waals surface area contributed by atoms with Crippen LogP contribution in [0.15, 0.2) is 59.6 Å². The smallest absolute Gasteiger partial charge is 0.234 e. The summed E-state index contributed by atoms with van der Waals surface area (Å²) in [7, 11) is 0. The van der Waals surface area contributed by atoms with Crippen LogP contribution in [0.25, 0.3) is 0 Å². The summed E-state index contributed by atoms with van der Waals surface area (Å²) >= 11 is 7.37. The third-order valence-corrected chi connectivity index (χ3v) is 5.42. The van der Waals surface area contributed by atoms with Crippen LogP contribution in [0.1, 0.15) is 18.9 Å². The van der Waals surface area contributed by atoms with E-state index in [-0.39, 0.29) is 18.2 Å². The van der Waals surface area contributed by atoms with E-state index in [1.807, 2.05) is 43.3 Å². The second-order valence-electron chi connectivity index (χ2n) is 6.04. The molecule has 2 aromatic carbocycles. The molecule has 7 heteroatoms. The van der Waals surface area contributed by atoms with Crippen molar-refractivity contribution in [3.05, 3.63) is 65.2 Å². The van der Waals surface area contributed by atoms with Crippen molar-refractivity contribution in [2.45, 2.75) is 25.1 Å². The molecular formula is C20H20ClN3O2S. The van der Waals surface area contributed by atoms with E-state index in [0.717, 1.165) is 5.56 Å². The molecule has 2 aromatic rings. The molecule has 0 aromatic heterocycles. The number of rotatable bonds is 5. The van der Waals surface area contributed by atoms with Crippen molar-refractivity contribution in [2.24, 2.45) is 4.99 Å². The first-order chi connectivity index (χ1) is 13.1. The lowest BCUT2D eigenvalue weighted by molar-refractivity contribution is -0.130. The van der Waals surface area contributed by atoms with Gasteiger partial charge in [-0.2, -0.15) is 0 Å². The number of amidine groups is 1. The molecular weight excluding hydrogens is 382 g/mol. The van der Waals surface area contributed by atoms with Crippen molar-refractivity contribution in [3.63, 3.8) is 0 Å². The summed E-state index contributed by atoms with van der Waals surface area (Å²) in [5.74, 6) is -0.261. The Bertz CT molecular complexity index is 857. The molecule has 1 heterocycles. The number of hydrogen-bond donors (Lipinski definition) is 1. The number of aliphatic imine (C=N–C) groups is 1. The maximum Gasteiger partial charge on any atom is 0.234 e. The monoisotopic (exact) mass is 401 g/mol. The second kappa shape index (κ2) is 9.06. The normalized spacial score (nSPS) is 18.6. The summed E-state index contributed by atoms with van der Waals surface area (Å²) in [6.45, 7) is 2.79. The van der Waals surface area contributed by atoms with Crippen molar-refractivity contribution in [1.29, 1.82) is 0 Å². The SMILES string of the molecule is CCNC(=O)C1CC(=O)N(Cc2ccccc2)C(=Nc2cccc(Cl)c2)S1. The Hall–Kier alpha value is -2.31. The van der Waals surface area contributed by atoms with E-state index < -0.39 is 5.25 Å². The number of halogens is 1. The summed E-state index contributed by atoms with van der Waals surface area (Å²) < 4.78 is 0. The van der Waals surface area contributed by atoms with Gasteiger partial charge in [0, 0.05) is 18.0 Å². The highest BCUT2D eigenvalue weighted by molar-refractivity contribution is 8.15. The van der Waals surface area contributed by atoms with Crippen LogP contribution in [-0.2, 0) is 16.1 Å². The van der Waals surface area contributed by atoms with Gasteiger partial charge >= 0.3 is 0 Å². The molecule has 1 aliphatic rings. The molecule has 27 heavy (non-hydrogen) atoms. The van der Waals surface area contributed by atoms with Gasteiger partial charge in [-0.15, -0.1) is 0 Å². The number of benzene rings is 2. The molecule has 5 nitrogen and oxygen atoms in total. The molecule has 0 radical (unpaired) electrons. The highest BCUT2D eigenvalue weighted by atomic mass is 35.5. The Labute approximate surface area is 167 Å². The number of hydrogen-bond acceptors (Lipinski definition) is 4. The van der Waals surface area contributed by atoms with E-state index >= 15 is 0 Å². The van der Waals surface area contributed by atoms with Gasteiger partial charge in [-0.3, -0.25) is 14.5 Å². The third-order valence-electron chi connectivity index (χ3n) is 4.00. The summed E-state index contributed by atoms with van der Waals surface area (Å²) in [6, 6.07) is 16.8. The van der Waals surface area contributed by atoms with E-state index in [4.69, 9.17) is 11.6 Å². The molecule has 1 fully saturated rings. The minimum Gasteiger partial charge on any atom is -0.355 e. The van der Waals surface area contributed by atoms with Crippen LogP contribution >= 0.6 is 23.4 Å². The maximum absolute atomic E-state index is 12.8. The number of amides is 2. The molecule has 1 aliphatic heterocycles. The Morgan fingerprint density at radius 2 is 2.04 bits per heavy atom. The predicted molar refractivity (Wildman–Crippen MR) is 110 cm³/mol. The fourth-order valence-electron chi connectivity index (χ4n) is 2.71. The van der Waals surface area contributed by atoms with Crippen LogP contribution in [0.2, 0.25) is 5.02 Å². The Morgan fingerprint density at radius 3 is 2.74 bits per heavy atom. The summed E-state index contributed by atoms with van der Waals surface area (Å²) in [5, 5.41) is 3.38. The van der Waals surface area contributed by atoms with E-state index in [9.17, 15) is 9.59 Å². The Kier molecular flexibility index (Phi) is 6.53. The lowest BCUT2D eigenvalue weighted by Crippen LogP contribution is -2.46. The first-order valence-corrected chi connectivity index (χ1v) is 9.95. The van der Waals surface area contributed by atoms with E-state index in [2.05, 4.69) is 10.3 Å². The Balaban J connectivity index is 1.92. The van der Waals surface area contributed by atoms with Crippen molar-refractivity contribution < 1.29 is 9.59 Å². The molecule has 2 amide bonds. The number of nitrogens with zero attached hydrogens (tertiary/aromatic N) is 2. The van der Waals surface area contributed by atoms with Crippen LogP contribution in [0.5, 0.6) is 0 Å². The minimum absolute atomic E-state index is 0.116. The van der Waals surface area contributed by atoms with Gasteiger partial charge in [-0.1, -0.05) is 59.8 Å². The van der Waals surface area contributed by atoms with Crippen LogP contribution in [0.3, 0.4) is 0 Å².